The summed E-state index contributed by atoms with van der Waals surface area (Å²) in [5.74, 6) is 0. The number of nitrogens with zero attached hydrogens (tertiary/aromatic N) is 2. The summed E-state index contributed by atoms with van der Waals surface area (Å²) < 4.78 is 0. The predicted molar refractivity (Wildman–Crippen MR) is 66.9 cm³/mol. The van der Waals surface area contributed by atoms with E-state index in [1.54, 1.807) is 6.33 Å². The van der Waals surface area contributed by atoms with Gasteiger partial charge in [-0.15, -0.1) is 0 Å². The van der Waals surface area contributed by atoms with E-state index in [4.69, 9.17) is 0 Å². The Bertz CT molecular complexity index is 487. The van der Waals surface area contributed by atoms with Crippen LogP contribution in [0, 0.1) is 10.8 Å². The third-order valence-corrected chi connectivity index (χ3v) is 2.75. The highest BCUT2D eigenvalue weighted by molar-refractivity contribution is 5.43. The van der Waals surface area contributed by atoms with E-state index in [-0.39, 0.29) is 10.8 Å². The lowest BCUT2D eigenvalue weighted by Gasteiger charge is -2.22. The first kappa shape index (κ1) is 11.1. The molecule has 1 aromatic heterocycles. The predicted octanol–water partition coefficient (Wildman–Crippen LogP) is 1.66. The zero-order valence-electron chi connectivity index (χ0n) is 10.4. The van der Waals surface area contributed by atoms with Crippen molar-refractivity contribution in [1.82, 2.24) is 9.97 Å². The summed E-state index contributed by atoms with van der Waals surface area (Å²) in [7, 11) is 0. The van der Waals surface area contributed by atoms with E-state index in [9.17, 15) is 0 Å². The molecule has 0 saturated heterocycles. The van der Waals surface area contributed by atoms with Crippen molar-refractivity contribution in [3.63, 3.8) is 0 Å². The second-order valence-corrected chi connectivity index (χ2v) is 5.63. The first-order valence-corrected chi connectivity index (χ1v) is 5.60. The van der Waals surface area contributed by atoms with Gasteiger partial charge in [-0.2, -0.15) is 0 Å². The summed E-state index contributed by atoms with van der Waals surface area (Å²) >= 11 is 0. The lowest BCUT2D eigenvalue weighted by atomic mass is 9.83. The van der Waals surface area contributed by atoms with Crippen molar-refractivity contribution in [3.8, 4) is 0 Å². The molecule has 0 spiro atoms. The van der Waals surface area contributed by atoms with Gasteiger partial charge in [-0.1, -0.05) is 45.9 Å². The van der Waals surface area contributed by atoms with Gasteiger partial charge in [0.2, 0.25) is 0 Å². The van der Waals surface area contributed by atoms with Crippen molar-refractivity contribution in [3.05, 3.63) is 35.2 Å². The maximum Gasteiger partial charge on any atom is 0.116 e. The molecule has 2 heteroatoms. The lowest BCUT2D eigenvalue weighted by molar-refractivity contribution is 0.615. The van der Waals surface area contributed by atoms with E-state index in [1.165, 1.54) is 0 Å². The van der Waals surface area contributed by atoms with Gasteiger partial charge in [0.05, 0.1) is 5.35 Å². The van der Waals surface area contributed by atoms with E-state index in [0.717, 1.165) is 10.6 Å². The molecule has 84 valence electrons. The largest absolute Gasteiger partial charge is 0.244 e. The highest BCUT2D eigenvalue weighted by atomic mass is 14.8. The van der Waals surface area contributed by atoms with E-state index in [0.29, 0.717) is 0 Å². The van der Waals surface area contributed by atoms with Crippen molar-refractivity contribution >= 4 is 12.2 Å². The van der Waals surface area contributed by atoms with E-state index in [2.05, 4.69) is 62.0 Å². The summed E-state index contributed by atoms with van der Waals surface area (Å²) in [6.07, 6.45) is 12.4. The molecule has 2 rings (SSSR count). The van der Waals surface area contributed by atoms with Crippen LogP contribution in [0.2, 0.25) is 0 Å². The summed E-state index contributed by atoms with van der Waals surface area (Å²) in [6.45, 7) is 8.77. The van der Waals surface area contributed by atoms with Gasteiger partial charge in [0, 0.05) is 22.2 Å². The van der Waals surface area contributed by atoms with Crippen LogP contribution in [0.15, 0.2) is 24.7 Å². The molecular weight excluding hydrogens is 196 g/mol. The zero-order chi connectivity index (χ0) is 11.8. The Morgan fingerprint density at radius 2 is 1.56 bits per heavy atom. The Morgan fingerprint density at radius 1 is 0.938 bits per heavy atom. The number of fused-ring (bicyclic) bond motifs is 1. The van der Waals surface area contributed by atoms with Crippen molar-refractivity contribution in [2.75, 3.05) is 0 Å². The quantitative estimate of drug-likeness (QED) is 0.614. The summed E-state index contributed by atoms with van der Waals surface area (Å²) in [5.41, 5.74) is 0.0830. The molecule has 0 aliphatic heterocycles. The summed E-state index contributed by atoms with van der Waals surface area (Å²) in [6, 6.07) is 0. The van der Waals surface area contributed by atoms with Gasteiger partial charge >= 0.3 is 0 Å². The number of hydrogen-bond donors (Lipinski definition) is 0. The molecule has 0 fully saturated rings. The molecule has 2 nitrogen and oxygen atoms in total. The average Bonchev–Trinajstić information content (AvgIpc) is 2.17. The molecule has 1 heterocycles. The Kier molecular flexibility index (Phi) is 2.45. The fourth-order valence-corrected chi connectivity index (χ4v) is 1.86. The van der Waals surface area contributed by atoms with Gasteiger partial charge in [0.15, 0.2) is 0 Å². The van der Waals surface area contributed by atoms with Crippen LogP contribution in [0.3, 0.4) is 0 Å². The number of allylic oxidation sites excluding steroid dienone is 2. The van der Waals surface area contributed by atoms with Crippen LogP contribution in [0.1, 0.15) is 27.7 Å². The van der Waals surface area contributed by atoms with Crippen LogP contribution in [0.4, 0.5) is 0 Å². The van der Waals surface area contributed by atoms with Gasteiger partial charge in [-0.25, -0.2) is 9.97 Å². The van der Waals surface area contributed by atoms with Crippen LogP contribution in [-0.4, -0.2) is 9.97 Å². The van der Waals surface area contributed by atoms with Crippen LogP contribution in [0.5, 0.6) is 0 Å². The fourth-order valence-electron chi connectivity index (χ4n) is 1.86. The average molecular weight is 214 g/mol. The van der Waals surface area contributed by atoms with Crippen molar-refractivity contribution in [2.24, 2.45) is 10.8 Å². The van der Waals surface area contributed by atoms with Gasteiger partial charge in [-0.05, 0) is 6.08 Å². The third kappa shape index (κ3) is 2.38. The molecule has 0 radical (unpaired) electrons. The highest BCUT2D eigenvalue weighted by Gasteiger charge is 2.17. The Labute approximate surface area is 96.4 Å². The summed E-state index contributed by atoms with van der Waals surface area (Å²) in [5, 5.41) is 2.14. The number of hydrogen-bond acceptors (Lipinski definition) is 2. The molecule has 0 amide bonds. The van der Waals surface area contributed by atoms with Gasteiger partial charge in [0.25, 0.3) is 0 Å². The Hall–Kier alpha value is -1.44. The summed E-state index contributed by atoms with van der Waals surface area (Å²) in [4.78, 5) is 8.45. The van der Waals surface area contributed by atoms with Crippen LogP contribution >= 0.6 is 0 Å². The Morgan fingerprint density at radius 3 is 2.25 bits per heavy atom. The van der Waals surface area contributed by atoms with Gasteiger partial charge < -0.3 is 0 Å². The van der Waals surface area contributed by atoms with Crippen molar-refractivity contribution in [2.45, 2.75) is 27.7 Å². The molecule has 1 aliphatic rings. The maximum absolute atomic E-state index is 4.35. The molecule has 0 atom stereocenters. The molecular formula is C14H18N2. The molecule has 0 aromatic carbocycles. The van der Waals surface area contributed by atoms with E-state index in [1.807, 2.05) is 6.20 Å². The fraction of sp³-hybridized carbons (Fsp3) is 0.429. The molecule has 0 N–H and O–H groups in total. The molecule has 0 unspecified atom stereocenters. The Balaban J connectivity index is 2.81. The SMILES string of the molecule is CC1(C)/C=C\C(C)(C)/C=c2/ncnc/c2=C/1. The normalized spacial score (nSPS) is 27.2. The molecule has 0 saturated carbocycles. The standard InChI is InChI=1S/C14H18N2/c1-13(2)5-6-14(3,4)8-12-11(7-13)9-15-10-16-12/h5-10H,1-4H3/b6-5-,11-7-,12-8+. The van der Waals surface area contributed by atoms with Crippen LogP contribution in [0.25, 0.3) is 12.2 Å². The van der Waals surface area contributed by atoms with Gasteiger partial charge in [-0.3, -0.25) is 0 Å². The molecule has 16 heavy (non-hydrogen) atoms. The second kappa shape index (κ2) is 3.55. The van der Waals surface area contributed by atoms with Crippen LogP contribution in [-0.2, 0) is 0 Å². The van der Waals surface area contributed by atoms with Crippen LogP contribution < -0.4 is 10.6 Å². The minimum absolute atomic E-state index is 0.0363. The number of aromatic nitrogens is 2. The minimum Gasteiger partial charge on any atom is -0.244 e. The smallest absolute Gasteiger partial charge is 0.116 e. The van der Waals surface area contributed by atoms with Gasteiger partial charge in [0.1, 0.15) is 6.33 Å². The minimum atomic E-state index is 0.0363. The molecule has 1 aliphatic carbocycles. The first-order chi connectivity index (χ1) is 7.38. The molecule has 0 bridgehead atoms. The van der Waals surface area contributed by atoms with E-state index >= 15 is 0 Å². The lowest BCUT2D eigenvalue weighted by Crippen LogP contribution is -2.33. The van der Waals surface area contributed by atoms with Crippen molar-refractivity contribution in [1.29, 1.82) is 0 Å². The first-order valence-electron chi connectivity index (χ1n) is 5.60. The maximum atomic E-state index is 4.35. The monoisotopic (exact) mass is 214 g/mol. The third-order valence-electron chi connectivity index (χ3n) is 2.75. The molecule has 1 aromatic rings. The topological polar surface area (TPSA) is 25.8 Å². The van der Waals surface area contributed by atoms with Crippen molar-refractivity contribution < 1.29 is 0 Å². The second-order valence-electron chi connectivity index (χ2n) is 5.63. The van der Waals surface area contributed by atoms with E-state index < -0.39 is 0 Å². The highest BCUT2D eigenvalue weighted by Crippen LogP contribution is 2.26. The number of rotatable bonds is 0. The zero-order valence-corrected chi connectivity index (χ0v) is 10.4.